The fourth-order valence-corrected chi connectivity index (χ4v) is 3.05. The number of ether oxygens (including phenoxy) is 1. The van der Waals surface area contributed by atoms with Crippen molar-refractivity contribution in [3.63, 3.8) is 0 Å². The molecular formula is C20H26N4O2. The van der Waals surface area contributed by atoms with Crippen LogP contribution in [0.5, 0.6) is 5.75 Å². The van der Waals surface area contributed by atoms with Gasteiger partial charge in [0.1, 0.15) is 5.75 Å². The number of hydrogen-bond donors (Lipinski definition) is 1. The molecular weight excluding hydrogens is 328 g/mol. The van der Waals surface area contributed by atoms with Crippen molar-refractivity contribution in [3.8, 4) is 5.75 Å². The van der Waals surface area contributed by atoms with Crippen LogP contribution in [0.3, 0.4) is 0 Å². The van der Waals surface area contributed by atoms with Crippen molar-refractivity contribution in [1.82, 2.24) is 14.8 Å². The number of pyridine rings is 1. The third-order valence-electron chi connectivity index (χ3n) is 4.75. The summed E-state index contributed by atoms with van der Waals surface area (Å²) in [6.07, 6.45) is 3.39. The summed E-state index contributed by atoms with van der Waals surface area (Å²) in [6.45, 7) is 7.27. The molecule has 0 saturated carbocycles. The van der Waals surface area contributed by atoms with E-state index >= 15 is 0 Å². The second-order valence-corrected chi connectivity index (χ2v) is 6.39. The predicted octanol–water partition coefficient (Wildman–Crippen LogP) is 2.48. The van der Waals surface area contributed by atoms with Gasteiger partial charge in [0.15, 0.2) is 0 Å². The van der Waals surface area contributed by atoms with E-state index in [1.54, 1.807) is 19.5 Å². The maximum Gasteiger partial charge on any atom is 0.255 e. The normalized spacial score (nSPS) is 14.9. The zero-order valence-corrected chi connectivity index (χ0v) is 15.4. The monoisotopic (exact) mass is 354 g/mol. The molecule has 1 amide bonds. The summed E-state index contributed by atoms with van der Waals surface area (Å²) in [5.41, 5.74) is 2.62. The molecule has 3 rings (SSSR count). The Balaban J connectivity index is 1.59. The molecule has 1 aromatic carbocycles. The lowest BCUT2D eigenvalue weighted by Crippen LogP contribution is -2.48. The van der Waals surface area contributed by atoms with E-state index in [-0.39, 0.29) is 5.91 Å². The number of amides is 1. The fraction of sp³-hybridized carbons (Fsp3) is 0.400. The number of anilines is 1. The van der Waals surface area contributed by atoms with Gasteiger partial charge in [-0.3, -0.25) is 9.78 Å². The van der Waals surface area contributed by atoms with Gasteiger partial charge in [0.25, 0.3) is 5.91 Å². The van der Waals surface area contributed by atoms with Gasteiger partial charge in [-0.1, -0.05) is 19.1 Å². The topological polar surface area (TPSA) is 57.7 Å². The van der Waals surface area contributed by atoms with Crippen LogP contribution in [0.1, 0.15) is 22.8 Å². The molecule has 0 spiro atoms. The molecule has 1 N–H and O–H groups in total. The van der Waals surface area contributed by atoms with E-state index in [0.717, 1.165) is 49.7 Å². The highest BCUT2D eigenvalue weighted by atomic mass is 16.5. The van der Waals surface area contributed by atoms with Crippen LogP contribution in [0.2, 0.25) is 0 Å². The van der Waals surface area contributed by atoms with Crippen molar-refractivity contribution in [2.75, 3.05) is 45.2 Å². The standard InChI is InChI=1S/C20H26N4O2/c1-3-23-8-10-24(11-9-23)20(25)17-12-18(15-21-14-17)22-13-16-4-6-19(26-2)7-5-16/h4-7,12,14-15,22H,3,8-11,13H2,1-2H3. The average molecular weight is 354 g/mol. The minimum atomic E-state index is 0.0568. The number of nitrogens with zero attached hydrogens (tertiary/aromatic N) is 3. The molecule has 0 aliphatic carbocycles. The number of rotatable bonds is 6. The largest absolute Gasteiger partial charge is 0.497 e. The summed E-state index contributed by atoms with van der Waals surface area (Å²) >= 11 is 0. The predicted molar refractivity (Wildman–Crippen MR) is 103 cm³/mol. The van der Waals surface area contributed by atoms with E-state index in [0.29, 0.717) is 12.1 Å². The zero-order chi connectivity index (χ0) is 18.4. The van der Waals surface area contributed by atoms with E-state index in [2.05, 4.69) is 22.1 Å². The van der Waals surface area contributed by atoms with Gasteiger partial charge >= 0.3 is 0 Å². The van der Waals surface area contributed by atoms with Crippen LogP contribution in [0, 0.1) is 0 Å². The first-order chi connectivity index (χ1) is 12.7. The van der Waals surface area contributed by atoms with Crippen LogP contribution in [-0.4, -0.2) is 60.5 Å². The number of piperazine rings is 1. The quantitative estimate of drug-likeness (QED) is 0.864. The number of hydrogen-bond acceptors (Lipinski definition) is 5. The Morgan fingerprint density at radius 3 is 2.54 bits per heavy atom. The van der Waals surface area contributed by atoms with Gasteiger partial charge in [-0.15, -0.1) is 0 Å². The van der Waals surface area contributed by atoms with Gasteiger partial charge in [-0.2, -0.15) is 0 Å². The molecule has 0 bridgehead atoms. The van der Waals surface area contributed by atoms with Gasteiger partial charge in [0, 0.05) is 45.1 Å². The van der Waals surface area contributed by atoms with Crippen LogP contribution in [0.25, 0.3) is 0 Å². The molecule has 2 aromatic rings. The zero-order valence-electron chi connectivity index (χ0n) is 15.4. The number of carbonyl (C=O) groups excluding carboxylic acids is 1. The number of methoxy groups -OCH3 is 1. The van der Waals surface area contributed by atoms with Crippen molar-refractivity contribution in [2.45, 2.75) is 13.5 Å². The highest BCUT2D eigenvalue weighted by molar-refractivity contribution is 5.94. The lowest BCUT2D eigenvalue weighted by Gasteiger charge is -2.34. The minimum absolute atomic E-state index is 0.0568. The Labute approximate surface area is 154 Å². The van der Waals surface area contributed by atoms with Crippen LogP contribution >= 0.6 is 0 Å². The molecule has 6 heteroatoms. The first-order valence-electron chi connectivity index (χ1n) is 9.03. The highest BCUT2D eigenvalue weighted by Gasteiger charge is 2.21. The van der Waals surface area contributed by atoms with Crippen LogP contribution in [-0.2, 0) is 6.54 Å². The first-order valence-corrected chi connectivity index (χ1v) is 9.03. The number of likely N-dealkylation sites (N-methyl/N-ethyl adjacent to an activating group) is 1. The van der Waals surface area contributed by atoms with E-state index < -0.39 is 0 Å². The van der Waals surface area contributed by atoms with E-state index in [4.69, 9.17) is 4.74 Å². The molecule has 1 aliphatic rings. The van der Waals surface area contributed by atoms with Gasteiger partial charge in [-0.25, -0.2) is 0 Å². The Morgan fingerprint density at radius 1 is 1.15 bits per heavy atom. The molecule has 0 unspecified atom stereocenters. The summed E-state index contributed by atoms with van der Waals surface area (Å²) < 4.78 is 5.17. The summed E-state index contributed by atoms with van der Waals surface area (Å²) in [6, 6.07) is 9.78. The van der Waals surface area contributed by atoms with E-state index in [1.807, 2.05) is 35.2 Å². The summed E-state index contributed by atoms with van der Waals surface area (Å²) in [4.78, 5) is 21.2. The van der Waals surface area contributed by atoms with Crippen LogP contribution in [0.4, 0.5) is 5.69 Å². The summed E-state index contributed by atoms with van der Waals surface area (Å²) in [5, 5.41) is 3.33. The lowest BCUT2D eigenvalue weighted by molar-refractivity contribution is 0.0643. The molecule has 0 atom stereocenters. The average Bonchev–Trinajstić information content (AvgIpc) is 2.72. The second kappa shape index (κ2) is 8.67. The smallest absolute Gasteiger partial charge is 0.255 e. The van der Waals surface area contributed by atoms with Crippen molar-refractivity contribution < 1.29 is 9.53 Å². The van der Waals surface area contributed by atoms with Crippen molar-refractivity contribution in [1.29, 1.82) is 0 Å². The molecule has 6 nitrogen and oxygen atoms in total. The number of benzene rings is 1. The molecule has 0 radical (unpaired) electrons. The second-order valence-electron chi connectivity index (χ2n) is 6.39. The van der Waals surface area contributed by atoms with E-state index in [1.165, 1.54) is 0 Å². The molecule has 1 saturated heterocycles. The third-order valence-corrected chi connectivity index (χ3v) is 4.75. The first kappa shape index (κ1) is 18.2. The van der Waals surface area contributed by atoms with Crippen LogP contribution < -0.4 is 10.1 Å². The highest BCUT2D eigenvalue weighted by Crippen LogP contribution is 2.15. The Hall–Kier alpha value is -2.60. The molecule has 138 valence electrons. The Morgan fingerprint density at radius 2 is 1.88 bits per heavy atom. The van der Waals surface area contributed by atoms with Gasteiger partial charge in [0.05, 0.1) is 18.4 Å². The SMILES string of the molecule is CCN1CCN(C(=O)c2cncc(NCc3ccc(OC)cc3)c2)CC1. The molecule has 2 heterocycles. The molecule has 1 fully saturated rings. The Bertz CT molecular complexity index is 725. The Kier molecular flexibility index (Phi) is 6.07. The lowest BCUT2D eigenvalue weighted by atomic mass is 10.2. The number of nitrogens with one attached hydrogen (secondary N) is 1. The van der Waals surface area contributed by atoms with Crippen molar-refractivity contribution >= 4 is 11.6 Å². The molecule has 1 aliphatic heterocycles. The van der Waals surface area contributed by atoms with E-state index in [9.17, 15) is 4.79 Å². The van der Waals surface area contributed by atoms with Gasteiger partial charge in [-0.05, 0) is 30.3 Å². The maximum atomic E-state index is 12.7. The minimum Gasteiger partial charge on any atom is -0.497 e. The number of aromatic nitrogens is 1. The molecule has 26 heavy (non-hydrogen) atoms. The van der Waals surface area contributed by atoms with Gasteiger partial charge < -0.3 is 19.9 Å². The van der Waals surface area contributed by atoms with Crippen molar-refractivity contribution in [2.24, 2.45) is 0 Å². The fourth-order valence-electron chi connectivity index (χ4n) is 3.05. The van der Waals surface area contributed by atoms with Crippen LogP contribution in [0.15, 0.2) is 42.7 Å². The summed E-state index contributed by atoms with van der Waals surface area (Å²) in [5.74, 6) is 0.896. The summed E-state index contributed by atoms with van der Waals surface area (Å²) in [7, 11) is 1.66. The maximum absolute atomic E-state index is 12.7. The van der Waals surface area contributed by atoms with Crippen molar-refractivity contribution in [3.05, 3.63) is 53.9 Å². The van der Waals surface area contributed by atoms with Gasteiger partial charge in [0.2, 0.25) is 0 Å². The number of carbonyl (C=O) groups is 1. The molecule has 1 aromatic heterocycles. The third kappa shape index (κ3) is 4.52.